The quantitative estimate of drug-likeness (QED) is 0.723. The van der Waals surface area contributed by atoms with E-state index in [1.54, 1.807) is 6.33 Å². The van der Waals surface area contributed by atoms with E-state index in [2.05, 4.69) is 4.98 Å². The SMILES string of the molecule is FC1(F)CCC(n2cnc3ccccc32)C1. The highest BCUT2D eigenvalue weighted by Gasteiger charge is 2.40. The van der Waals surface area contributed by atoms with Crippen LogP contribution in [-0.2, 0) is 0 Å². The van der Waals surface area contributed by atoms with Gasteiger partial charge in [0.05, 0.1) is 17.4 Å². The van der Waals surface area contributed by atoms with Gasteiger partial charge < -0.3 is 4.57 Å². The Kier molecular flexibility index (Phi) is 1.99. The zero-order valence-corrected chi connectivity index (χ0v) is 8.74. The first-order valence-electron chi connectivity index (χ1n) is 5.45. The van der Waals surface area contributed by atoms with Crippen molar-refractivity contribution in [3.05, 3.63) is 30.6 Å². The third-order valence-electron chi connectivity index (χ3n) is 3.25. The molecule has 1 saturated carbocycles. The Labute approximate surface area is 91.9 Å². The number of imidazole rings is 1. The van der Waals surface area contributed by atoms with Gasteiger partial charge in [-0.05, 0) is 18.6 Å². The number of benzene rings is 1. The number of hydrogen-bond acceptors (Lipinski definition) is 1. The van der Waals surface area contributed by atoms with Gasteiger partial charge in [-0.2, -0.15) is 0 Å². The van der Waals surface area contributed by atoms with E-state index in [9.17, 15) is 8.78 Å². The van der Waals surface area contributed by atoms with Crippen molar-refractivity contribution in [2.24, 2.45) is 0 Å². The lowest BCUT2D eigenvalue weighted by Gasteiger charge is -2.13. The average Bonchev–Trinajstić information content (AvgIpc) is 2.81. The van der Waals surface area contributed by atoms with Crippen LogP contribution in [0, 0.1) is 0 Å². The molecule has 0 aliphatic heterocycles. The lowest BCUT2D eigenvalue weighted by atomic mass is 10.2. The highest BCUT2D eigenvalue weighted by molar-refractivity contribution is 5.75. The van der Waals surface area contributed by atoms with Crippen molar-refractivity contribution in [1.29, 1.82) is 0 Å². The van der Waals surface area contributed by atoms with Crippen LogP contribution in [0.5, 0.6) is 0 Å². The fourth-order valence-electron chi connectivity index (χ4n) is 2.43. The highest BCUT2D eigenvalue weighted by atomic mass is 19.3. The number of fused-ring (bicyclic) bond motifs is 1. The Hall–Kier alpha value is -1.45. The predicted octanol–water partition coefficient (Wildman–Crippen LogP) is 3.40. The maximum atomic E-state index is 13.2. The summed E-state index contributed by atoms with van der Waals surface area (Å²) in [6.45, 7) is 0. The van der Waals surface area contributed by atoms with Crippen molar-refractivity contribution in [3.63, 3.8) is 0 Å². The summed E-state index contributed by atoms with van der Waals surface area (Å²) in [6.07, 6.45) is 2.14. The minimum Gasteiger partial charge on any atom is -0.327 e. The van der Waals surface area contributed by atoms with E-state index in [1.807, 2.05) is 28.8 Å². The van der Waals surface area contributed by atoms with Gasteiger partial charge in [-0.25, -0.2) is 13.8 Å². The number of rotatable bonds is 1. The van der Waals surface area contributed by atoms with Gasteiger partial charge in [0, 0.05) is 18.9 Å². The molecule has 1 aliphatic rings. The minimum atomic E-state index is -2.50. The van der Waals surface area contributed by atoms with Gasteiger partial charge in [0.15, 0.2) is 0 Å². The van der Waals surface area contributed by atoms with E-state index >= 15 is 0 Å². The maximum Gasteiger partial charge on any atom is 0.250 e. The fraction of sp³-hybridized carbons (Fsp3) is 0.417. The normalized spacial score (nSPS) is 24.0. The Morgan fingerprint density at radius 1 is 1.31 bits per heavy atom. The molecular formula is C12H12F2N2. The molecule has 0 amide bonds. The van der Waals surface area contributed by atoms with E-state index < -0.39 is 5.92 Å². The van der Waals surface area contributed by atoms with Crippen LogP contribution in [0.25, 0.3) is 11.0 Å². The van der Waals surface area contributed by atoms with Crippen molar-refractivity contribution in [2.45, 2.75) is 31.2 Å². The van der Waals surface area contributed by atoms with Gasteiger partial charge in [-0.1, -0.05) is 12.1 Å². The van der Waals surface area contributed by atoms with E-state index in [4.69, 9.17) is 0 Å². The van der Waals surface area contributed by atoms with Crippen molar-refractivity contribution in [3.8, 4) is 0 Å². The third kappa shape index (κ3) is 1.49. The summed E-state index contributed by atoms with van der Waals surface area (Å²) in [5.41, 5.74) is 1.82. The van der Waals surface area contributed by atoms with E-state index in [1.165, 1.54) is 0 Å². The standard InChI is InChI=1S/C12H12F2N2/c13-12(14)6-5-9(7-12)16-8-15-10-3-1-2-4-11(10)16/h1-4,8-9H,5-7H2. The number of halogens is 2. The molecule has 1 aliphatic carbocycles. The van der Waals surface area contributed by atoms with E-state index in [-0.39, 0.29) is 18.9 Å². The summed E-state index contributed by atoms with van der Waals surface area (Å²) in [5, 5.41) is 0. The molecular weight excluding hydrogens is 210 g/mol. The number of hydrogen-bond donors (Lipinski definition) is 0. The maximum absolute atomic E-state index is 13.2. The smallest absolute Gasteiger partial charge is 0.250 e. The number of aromatic nitrogens is 2. The van der Waals surface area contributed by atoms with Gasteiger partial charge >= 0.3 is 0 Å². The zero-order chi connectivity index (χ0) is 11.2. The van der Waals surface area contributed by atoms with Crippen molar-refractivity contribution in [2.75, 3.05) is 0 Å². The molecule has 1 aromatic carbocycles. The molecule has 16 heavy (non-hydrogen) atoms. The molecule has 1 aromatic heterocycles. The first-order chi connectivity index (χ1) is 7.66. The van der Waals surface area contributed by atoms with Gasteiger partial charge in [0.25, 0.3) is 0 Å². The second-order valence-electron chi connectivity index (χ2n) is 4.39. The lowest BCUT2D eigenvalue weighted by Crippen LogP contribution is -2.11. The van der Waals surface area contributed by atoms with Crippen LogP contribution in [0.1, 0.15) is 25.3 Å². The molecule has 1 atom stereocenters. The molecule has 1 heterocycles. The molecule has 1 fully saturated rings. The van der Waals surface area contributed by atoms with Crippen molar-refractivity contribution < 1.29 is 8.78 Å². The largest absolute Gasteiger partial charge is 0.327 e. The predicted molar refractivity (Wildman–Crippen MR) is 57.6 cm³/mol. The second kappa shape index (κ2) is 3.27. The molecule has 84 valence electrons. The molecule has 0 radical (unpaired) electrons. The molecule has 3 rings (SSSR count). The van der Waals surface area contributed by atoms with Crippen LogP contribution < -0.4 is 0 Å². The van der Waals surface area contributed by atoms with Gasteiger partial charge in [-0.15, -0.1) is 0 Å². The lowest BCUT2D eigenvalue weighted by molar-refractivity contribution is 0.00577. The van der Waals surface area contributed by atoms with Crippen molar-refractivity contribution >= 4 is 11.0 Å². The first kappa shape index (κ1) is 9.75. The van der Waals surface area contributed by atoms with Crippen LogP contribution >= 0.6 is 0 Å². The molecule has 0 spiro atoms. The summed E-state index contributed by atoms with van der Waals surface area (Å²) >= 11 is 0. The van der Waals surface area contributed by atoms with Crippen LogP contribution in [0.15, 0.2) is 30.6 Å². The molecule has 2 aromatic rings. The summed E-state index contributed by atoms with van der Waals surface area (Å²) in [5.74, 6) is -2.50. The monoisotopic (exact) mass is 222 g/mol. The Morgan fingerprint density at radius 2 is 2.12 bits per heavy atom. The molecule has 2 nitrogen and oxygen atoms in total. The highest BCUT2D eigenvalue weighted by Crippen LogP contribution is 2.42. The minimum absolute atomic E-state index is 0.00975. The van der Waals surface area contributed by atoms with Crippen LogP contribution in [0.2, 0.25) is 0 Å². The third-order valence-corrected chi connectivity index (χ3v) is 3.25. The number of alkyl halides is 2. The molecule has 0 bridgehead atoms. The number of nitrogens with zero attached hydrogens (tertiary/aromatic N) is 2. The first-order valence-corrected chi connectivity index (χ1v) is 5.45. The second-order valence-corrected chi connectivity index (χ2v) is 4.39. The van der Waals surface area contributed by atoms with E-state index in [0.717, 1.165) is 11.0 Å². The van der Waals surface area contributed by atoms with Gasteiger partial charge in [0.1, 0.15) is 0 Å². The molecule has 0 N–H and O–H groups in total. The van der Waals surface area contributed by atoms with Gasteiger partial charge in [-0.3, -0.25) is 0 Å². The summed E-state index contributed by atoms with van der Waals surface area (Å²) in [4.78, 5) is 4.23. The zero-order valence-electron chi connectivity index (χ0n) is 8.74. The van der Waals surface area contributed by atoms with Crippen LogP contribution in [0.3, 0.4) is 0 Å². The Balaban J connectivity index is 2.01. The van der Waals surface area contributed by atoms with E-state index in [0.29, 0.717) is 6.42 Å². The average molecular weight is 222 g/mol. The fourth-order valence-corrected chi connectivity index (χ4v) is 2.43. The Morgan fingerprint density at radius 3 is 2.88 bits per heavy atom. The van der Waals surface area contributed by atoms with Crippen LogP contribution in [0.4, 0.5) is 8.78 Å². The number of para-hydroxylation sites is 2. The topological polar surface area (TPSA) is 17.8 Å². The van der Waals surface area contributed by atoms with Crippen molar-refractivity contribution in [1.82, 2.24) is 9.55 Å². The summed E-state index contributed by atoms with van der Waals surface area (Å²) < 4.78 is 28.2. The van der Waals surface area contributed by atoms with Crippen LogP contribution in [-0.4, -0.2) is 15.5 Å². The molecule has 0 saturated heterocycles. The Bertz CT molecular complexity index is 518. The molecule has 1 unspecified atom stereocenters. The molecule has 4 heteroatoms. The van der Waals surface area contributed by atoms with Gasteiger partial charge in [0.2, 0.25) is 5.92 Å². The summed E-state index contributed by atoms with van der Waals surface area (Å²) in [6, 6.07) is 7.54. The summed E-state index contributed by atoms with van der Waals surface area (Å²) in [7, 11) is 0.